The van der Waals surface area contributed by atoms with Gasteiger partial charge >= 0.3 is 0 Å². The van der Waals surface area contributed by atoms with Gasteiger partial charge in [-0.05, 0) is 30.4 Å². The molecule has 2 aliphatic heterocycles. The molecule has 1 saturated carbocycles. The Balaban J connectivity index is 1.51. The van der Waals surface area contributed by atoms with Crippen LogP contribution in [0.4, 0.5) is 5.69 Å². The van der Waals surface area contributed by atoms with E-state index in [2.05, 4.69) is 0 Å². The summed E-state index contributed by atoms with van der Waals surface area (Å²) in [5.41, 5.74) is 6.30. The molecule has 2 fully saturated rings. The fourth-order valence-corrected chi connectivity index (χ4v) is 5.11. The minimum atomic E-state index is -0.727. The topological polar surface area (TPSA) is 83.7 Å². The predicted octanol–water partition coefficient (Wildman–Crippen LogP) is 1.96. The van der Waals surface area contributed by atoms with Gasteiger partial charge in [-0.1, -0.05) is 43.9 Å². The predicted molar refractivity (Wildman–Crippen MR) is 102 cm³/mol. The highest BCUT2D eigenvalue weighted by molar-refractivity contribution is 6.11. The highest BCUT2D eigenvalue weighted by atomic mass is 16.2. The molecule has 2 N–H and O–H groups in total. The van der Waals surface area contributed by atoms with E-state index in [1.54, 1.807) is 0 Å². The molecule has 1 atom stereocenters. The minimum absolute atomic E-state index is 0.103. The van der Waals surface area contributed by atoms with Gasteiger partial charge < -0.3 is 15.5 Å². The summed E-state index contributed by atoms with van der Waals surface area (Å²) in [6.07, 6.45) is 7.19. The molecule has 1 aromatic carbocycles. The second kappa shape index (κ2) is 6.98. The fourth-order valence-electron chi connectivity index (χ4n) is 5.11. The molecule has 1 aromatic rings. The number of nitrogens with two attached hydrogens (primary N) is 1. The molecule has 3 amide bonds. The van der Waals surface area contributed by atoms with Crippen molar-refractivity contribution < 1.29 is 14.4 Å². The molecule has 2 heterocycles. The monoisotopic (exact) mass is 369 g/mol. The van der Waals surface area contributed by atoms with Crippen molar-refractivity contribution >= 4 is 23.4 Å². The molecule has 1 unspecified atom stereocenters. The molecule has 0 aromatic heterocycles. The summed E-state index contributed by atoms with van der Waals surface area (Å²) in [6, 6.07) is 7.57. The van der Waals surface area contributed by atoms with Gasteiger partial charge in [0.1, 0.15) is 6.54 Å². The molecule has 0 radical (unpaired) electrons. The molecule has 4 rings (SSSR count). The van der Waals surface area contributed by atoms with Gasteiger partial charge in [-0.15, -0.1) is 0 Å². The highest BCUT2D eigenvalue weighted by Gasteiger charge is 2.55. The van der Waals surface area contributed by atoms with Gasteiger partial charge in [0.2, 0.25) is 17.7 Å². The van der Waals surface area contributed by atoms with E-state index in [1.165, 1.54) is 30.6 Å². The lowest BCUT2D eigenvalue weighted by Gasteiger charge is -2.24. The van der Waals surface area contributed by atoms with E-state index in [4.69, 9.17) is 5.73 Å². The Labute approximate surface area is 159 Å². The number of benzene rings is 1. The summed E-state index contributed by atoms with van der Waals surface area (Å²) >= 11 is 0. The zero-order chi connectivity index (χ0) is 19.0. The van der Waals surface area contributed by atoms with Crippen LogP contribution in [0.5, 0.6) is 0 Å². The van der Waals surface area contributed by atoms with Gasteiger partial charge in [-0.3, -0.25) is 14.4 Å². The third-order valence-electron chi connectivity index (χ3n) is 6.54. The Morgan fingerprint density at radius 1 is 1.19 bits per heavy atom. The normalized spacial score (nSPS) is 24.8. The van der Waals surface area contributed by atoms with E-state index in [-0.39, 0.29) is 18.4 Å². The number of hydrogen-bond donors (Lipinski definition) is 1. The molecule has 6 nitrogen and oxygen atoms in total. The maximum atomic E-state index is 13.2. The number of hydrogen-bond acceptors (Lipinski definition) is 3. The van der Waals surface area contributed by atoms with Gasteiger partial charge in [0.05, 0.1) is 5.41 Å². The van der Waals surface area contributed by atoms with Crippen LogP contribution in [-0.2, 0) is 19.8 Å². The number of primary amides is 1. The molecule has 0 bridgehead atoms. The average Bonchev–Trinajstić information content (AvgIpc) is 3.37. The van der Waals surface area contributed by atoms with Crippen LogP contribution in [0.1, 0.15) is 50.5 Å². The lowest BCUT2D eigenvalue weighted by atomic mass is 9.81. The molecule has 1 spiro atoms. The summed E-state index contributed by atoms with van der Waals surface area (Å²) in [5, 5.41) is 0. The third kappa shape index (κ3) is 3.11. The first-order chi connectivity index (χ1) is 13.0. The molecule has 6 heteroatoms. The SMILES string of the molecule is NC(=O)CN1C(=O)C2(CCN(C(=O)CCC3CCCC3)C2)c2ccccc21. The van der Waals surface area contributed by atoms with Crippen molar-refractivity contribution in [3.05, 3.63) is 29.8 Å². The lowest BCUT2D eigenvalue weighted by Crippen LogP contribution is -2.45. The van der Waals surface area contributed by atoms with Crippen molar-refractivity contribution in [2.24, 2.45) is 11.7 Å². The van der Waals surface area contributed by atoms with E-state index in [0.29, 0.717) is 31.8 Å². The highest BCUT2D eigenvalue weighted by Crippen LogP contribution is 2.47. The Morgan fingerprint density at radius 3 is 2.67 bits per heavy atom. The summed E-state index contributed by atoms with van der Waals surface area (Å²) in [4.78, 5) is 40.8. The largest absolute Gasteiger partial charge is 0.368 e. The van der Waals surface area contributed by atoms with Crippen molar-refractivity contribution in [2.75, 3.05) is 24.5 Å². The first-order valence-corrected chi connectivity index (χ1v) is 9.99. The number of carbonyl (C=O) groups is 3. The van der Waals surface area contributed by atoms with E-state index in [9.17, 15) is 14.4 Å². The summed E-state index contributed by atoms with van der Waals surface area (Å²) in [6.45, 7) is 0.878. The molecule has 1 aliphatic carbocycles. The van der Waals surface area contributed by atoms with Crippen molar-refractivity contribution in [1.82, 2.24) is 4.90 Å². The van der Waals surface area contributed by atoms with Crippen molar-refractivity contribution in [2.45, 2.75) is 50.4 Å². The fraction of sp³-hybridized carbons (Fsp3) is 0.571. The Kier molecular flexibility index (Phi) is 4.66. The zero-order valence-electron chi connectivity index (χ0n) is 15.7. The van der Waals surface area contributed by atoms with E-state index >= 15 is 0 Å². The Hall–Kier alpha value is -2.37. The average molecular weight is 369 g/mol. The Bertz CT molecular complexity index is 772. The van der Waals surface area contributed by atoms with Crippen LogP contribution in [0.15, 0.2) is 24.3 Å². The summed E-state index contributed by atoms with van der Waals surface area (Å²) < 4.78 is 0. The third-order valence-corrected chi connectivity index (χ3v) is 6.54. The number of rotatable bonds is 5. The number of para-hydroxylation sites is 1. The first-order valence-electron chi connectivity index (χ1n) is 9.99. The van der Waals surface area contributed by atoms with Crippen LogP contribution in [0.3, 0.4) is 0 Å². The van der Waals surface area contributed by atoms with E-state index in [0.717, 1.165) is 17.7 Å². The van der Waals surface area contributed by atoms with Crippen LogP contribution in [-0.4, -0.2) is 42.3 Å². The minimum Gasteiger partial charge on any atom is -0.368 e. The zero-order valence-corrected chi connectivity index (χ0v) is 15.7. The number of carbonyl (C=O) groups excluding carboxylic acids is 3. The molecular weight excluding hydrogens is 342 g/mol. The van der Waals surface area contributed by atoms with Crippen LogP contribution in [0.25, 0.3) is 0 Å². The summed E-state index contributed by atoms with van der Waals surface area (Å²) in [5.74, 6) is 0.203. The number of nitrogens with zero attached hydrogens (tertiary/aromatic N) is 2. The van der Waals surface area contributed by atoms with E-state index < -0.39 is 11.3 Å². The van der Waals surface area contributed by atoms with Crippen molar-refractivity contribution in [1.29, 1.82) is 0 Å². The molecular formula is C21H27N3O3. The van der Waals surface area contributed by atoms with Crippen LogP contribution >= 0.6 is 0 Å². The number of anilines is 1. The van der Waals surface area contributed by atoms with Gasteiger partial charge in [-0.25, -0.2) is 0 Å². The number of fused-ring (bicyclic) bond motifs is 2. The quantitative estimate of drug-likeness (QED) is 0.861. The smallest absolute Gasteiger partial charge is 0.240 e. The van der Waals surface area contributed by atoms with Gasteiger partial charge in [0.25, 0.3) is 0 Å². The van der Waals surface area contributed by atoms with E-state index in [1.807, 2.05) is 29.2 Å². The van der Waals surface area contributed by atoms with Crippen molar-refractivity contribution in [3.8, 4) is 0 Å². The second-order valence-corrected chi connectivity index (χ2v) is 8.21. The Morgan fingerprint density at radius 2 is 1.93 bits per heavy atom. The lowest BCUT2D eigenvalue weighted by molar-refractivity contribution is -0.131. The van der Waals surface area contributed by atoms with Crippen LogP contribution in [0.2, 0.25) is 0 Å². The molecule has 1 saturated heterocycles. The van der Waals surface area contributed by atoms with Gasteiger partial charge in [0.15, 0.2) is 0 Å². The second-order valence-electron chi connectivity index (χ2n) is 8.21. The van der Waals surface area contributed by atoms with Crippen LogP contribution in [0, 0.1) is 5.92 Å². The van der Waals surface area contributed by atoms with Gasteiger partial charge in [0, 0.05) is 25.2 Å². The molecule has 3 aliphatic rings. The van der Waals surface area contributed by atoms with Crippen LogP contribution < -0.4 is 10.6 Å². The standard InChI is InChI=1S/C21H27N3O3/c22-18(25)13-24-17-8-4-3-7-16(17)21(20(24)27)11-12-23(14-21)19(26)10-9-15-5-1-2-6-15/h3-4,7-8,15H,1-2,5-6,9-14H2,(H2,22,25). The van der Waals surface area contributed by atoms with Crippen molar-refractivity contribution in [3.63, 3.8) is 0 Å². The molecule has 144 valence electrons. The maximum absolute atomic E-state index is 13.2. The number of amides is 3. The first kappa shape index (κ1) is 18.0. The number of likely N-dealkylation sites (tertiary alicyclic amines) is 1. The molecule has 27 heavy (non-hydrogen) atoms. The summed E-state index contributed by atoms with van der Waals surface area (Å²) in [7, 11) is 0. The van der Waals surface area contributed by atoms with Gasteiger partial charge in [-0.2, -0.15) is 0 Å². The maximum Gasteiger partial charge on any atom is 0.240 e.